The first kappa shape index (κ1) is 23.1. The zero-order valence-corrected chi connectivity index (χ0v) is 20.7. The fourth-order valence-corrected chi connectivity index (χ4v) is 8.17. The van der Waals surface area contributed by atoms with Crippen LogP contribution in [0.3, 0.4) is 0 Å². The van der Waals surface area contributed by atoms with E-state index in [0.29, 0.717) is 5.66 Å². The zero-order valence-electron chi connectivity index (χ0n) is 17.3. The summed E-state index contributed by atoms with van der Waals surface area (Å²) in [6.45, 7) is 4.62. The molecule has 3 heteroatoms. The van der Waals surface area contributed by atoms with Crippen LogP contribution in [0.15, 0.2) is 121 Å². The molecule has 0 fully saturated rings. The van der Waals surface area contributed by atoms with Crippen molar-refractivity contribution in [2.24, 2.45) is 0 Å². The van der Waals surface area contributed by atoms with E-state index in [1.54, 1.807) is 0 Å². The van der Waals surface area contributed by atoms with Crippen LogP contribution in [-0.4, -0.2) is 5.66 Å². The molecule has 155 valence electrons. The number of benzene rings is 4. The first-order valence-electron chi connectivity index (χ1n) is 10.1. The minimum atomic E-state index is -0.321. The number of hydrogen-bond donors (Lipinski definition) is 0. The van der Waals surface area contributed by atoms with Crippen LogP contribution in [0.2, 0.25) is 0 Å². The van der Waals surface area contributed by atoms with Gasteiger partial charge < -0.3 is 0 Å². The number of hydrogen-bond acceptors (Lipinski definition) is 0. The SMILES string of the molecule is CC(C)P(c1ccccc1)c1ccccc1.[Pd][P](c1ccccc1)c1ccccc1. The van der Waals surface area contributed by atoms with E-state index in [1.165, 1.54) is 21.2 Å². The summed E-state index contributed by atoms with van der Waals surface area (Å²) >= 11 is 3.47. The Labute approximate surface area is 194 Å². The standard InChI is InChI=1S/C15H17P.C12H10P.Pd/c1-13(2)16(14-9-5-3-6-10-14)15-11-7-4-8-12-15;1-3-7-11(8-4-1)13-12-9-5-2-6-10-12;/h3-13H,1-2H3;1-10H;/q;-1;+1. The monoisotopic (exact) mass is 519 g/mol. The van der Waals surface area contributed by atoms with Gasteiger partial charge in [-0.1, -0.05) is 74.5 Å². The maximum absolute atomic E-state index is 3.47. The van der Waals surface area contributed by atoms with E-state index in [1.807, 2.05) is 0 Å². The molecule has 0 unspecified atom stereocenters. The Morgan fingerprint density at radius 2 is 0.733 bits per heavy atom. The summed E-state index contributed by atoms with van der Waals surface area (Å²) < 4.78 is 0. The molecule has 0 radical (unpaired) electrons. The fourth-order valence-electron chi connectivity index (χ4n) is 3.17. The Balaban J connectivity index is 0.000000172. The normalized spacial score (nSPS) is 10.8. The molecule has 0 atom stereocenters. The molecule has 0 bridgehead atoms. The van der Waals surface area contributed by atoms with Crippen molar-refractivity contribution in [3.05, 3.63) is 121 Å². The molecular weight excluding hydrogens is 493 g/mol. The van der Waals surface area contributed by atoms with Gasteiger partial charge in [0.25, 0.3) is 0 Å². The van der Waals surface area contributed by atoms with Gasteiger partial charge in [0.2, 0.25) is 0 Å². The van der Waals surface area contributed by atoms with Crippen LogP contribution in [0.1, 0.15) is 13.8 Å². The van der Waals surface area contributed by atoms with Crippen LogP contribution in [0, 0.1) is 0 Å². The molecule has 30 heavy (non-hydrogen) atoms. The molecule has 0 aliphatic carbocycles. The van der Waals surface area contributed by atoms with Crippen molar-refractivity contribution in [2.75, 3.05) is 0 Å². The van der Waals surface area contributed by atoms with Gasteiger partial charge in [-0.05, 0) is 24.2 Å². The second-order valence-electron chi connectivity index (χ2n) is 7.06. The molecule has 0 heterocycles. The van der Waals surface area contributed by atoms with Crippen molar-refractivity contribution in [2.45, 2.75) is 19.5 Å². The van der Waals surface area contributed by atoms with E-state index in [2.05, 4.69) is 154 Å². The molecule has 0 saturated heterocycles. The van der Waals surface area contributed by atoms with Crippen LogP contribution in [0.25, 0.3) is 0 Å². The van der Waals surface area contributed by atoms with E-state index >= 15 is 0 Å². The van der Waals surface area contributed by atoms with Gasteiger partial charge in [0.1, 0.15) is 0 Å². The zero-order chi connectivity index (χ0) is 21.2. The molecule has 0 N–H and O–H groups in total. The predicted octanol–water partition coefficient (Wildman–Crippen LogP) is 6.11. The van der Waals surface area contributed by atoms with Gasteiger partial charge >= 0.3 is 96.1 Å². The fraction of sp³-hybridized carbons (Fsp3) is 0.111. The second kappa shape index (κ2) is 12.3. The van der Waals surface area contributed by atoms with Crippen LogP contribution < -0.4 is 21.2 Å². The molecule has 4 aromatic rings. The van der Waals surface area contributed by atoms with Gasteiger partial charge in [0.05, 0.1) is 0 Å². The topological polar surface area (TPSA) is 0 Å². The summed E-state index contributed by atoms with van der Waals surface area (Å²) in [5.74, 6) is 0. The Kier molecular flexibility index (Phi) is 9.46. The van der Waals surface area contributed by atoms with E-state index < -0.39 is 0 Å². The van der Waals surface area contributed by atoms with Crippen molar-refractivity contribution in [1.82, 2.24) is 0 Å². The van der Waals surface area contributed by atoms with E-state index in [0.717, 1.165) is 0 Å². The van der Waals surface area contributed by atoms with E-state index in [9.17, 15) is 0 Å². The summed E-state index contributed by atoms with van der Waals surface area (Å²) in [6, 6.07) is 42.8. The average Bonchev–Trinajstić information content (AvgIpc) is 2.81. The third-order valence-electron chi connectivity index (χ3n) is 4.52. The van der Waals surface area contributed by atoms with Gasteiger partial charge in [0, 0.05) is 0 Å². The summed E-state index contributed by atoms with van der Waals surface area (Å²) in [5.41, 5.74) is 0.680. The minimum absolute atomic E-state index is 0.210. The molecule has 0 spiro atoms. The maximum atomic E-state index is 3.47. The van der Waals surface area contributed by atoms with Gasteiger partial charge in [0.15, 0.2) is 0 Å². The Hall–Kier alpha value is -1.60. The summed E-state index contributed by atoms with van der Waals surface area (Å²) in [5, 5.41) is 5.69. The van der Waals surface area contributed by atoms with Crippen molar-refractivity contribution >= 4 is 35.3 Å². The van der Waals surface area contributed by atoms with Gasteiger partial charge in [-0.15, -0.1) is 0 Å². The average molecular weight is 520 g/mol. The molecule has 0 aliphatic heterocycles. The predicted molar refractivity (Wildman–Crippen MR) is 133 cm³/mol. The summed E-state index contributed by atoms with van der Waals surface area (Å²) in [6.07, 6.45) is -0.321. The van der Waals surface area contributed by atoms with Gasteiger partial charge in [-0.2, -0.15) is 0 Å². The van der Waals surface area contributed by atoms with Crippen molar-refractivity contribution in [3.63, 3.8) is 0 Å². The van der Waals surface area contributed by atoms with Crippen LogP contribution >= 0.6 is 14.0 Å². The Morgan fingerprint density at radius 3 is 1.00 bits per heavy atom. The van der Waals surface area contributed by atoms with Crippen LogP contribution in [0.4, 0.5) is 0 Å². The Morgan fingerprint density at radius 1 is 0.467 bits per heavy atom. The first-order valence-corrected chi connectivity index (χ1v) is 14.8. The van der Waals surface area contributed by atoms with Crippen LogP contribution in [0.5, 0.6) is 0 Å². The molecule has 0 amide bonds. The quantitative estimate of drug-likeness (QED) is 0.220. The Bertz CT molecular complexity index is 895. The molecule has 0 aliphatic rings. The molecule has 4 rings (SSSR count). The second-order valence-corrected chi connectivity index (χ2v) is 13.5. The van der Waals surface area contributed by atoms with Gasteiger partial charge in [-0.3, -0.25) is 0 Å². The third-order valence-corrected chi connectivity index (χ3v) is 11.1. The third kappa shape index (κ3) is 6.71. The first-order chi connectivity index (χ1) is 14.7. The molecule has 0 aromatic heterocycles. The molecular formula is C27H27P2Pd. The van der Waals surface area contributed by atoms with Crippen molar-refractivity contribution in [1.29, 1.82) is 0 Å². The van der Waals surface area contributed by atoms with Crippen molar-refractivity contribution in [3.8, 4) is 0 Å². The van der Waals surface area contributed by atoms with E-state index in [4.69, 9.17) is 0 Å². The van der Waals surface area contributed by atoms with E-state index in [-0.39, 0.29) is 14.0 Å². The molecule has 4 aromatic carbocycles. The number of rotatable bonds is 5. The van der Waals surface area contributed by atoms with Crippen LogP contribution in [-0.2, 0) is 18.7 Å². The summed E-state index contributed by atoms with van der Waals surface area (Å²) in [4.78, 5) is 0. The molecule has 0 nitrogen and oxygen atoms in total. The molecule has 0 saturated carbocycles. The van der Waals surface area contributed by atoms with Crippen molar-refractivity contribution < 1.29 is 18.7 Å². The van der Waals surface area contributed by atoms with Gasteiger partial charge in [-0.25, -0.2) is 0 Å². The summed E-state index contributed by atoms with van der Waals surface area (Å²) in [7, 11) is -0.210.